The van der Waals surface area contributed by atoms with Gasteiger partial charge in [0.1, 0.15) is 41.0 Å². The summed E-state index contributed by atoms with van der Waals surface area (Å²) >= 11 is 0. The molecule has 1 atom stereocenters. The van der Waals surface area contributed by atoms with E-state index in [0.717, 1.165) is 0 Å². The van der Waals surface area contributed by atoms with Crippen LogP contribution in [0.15, 0.2) is 62.0 Å². The number of benzene rings is 1. The maximum Gasteiger partial charge on any atom is 0.246 e. The minimum atomic E-state index is -0.526. The second-order valence-electron chi connectivity index (χ2n) is 9.41. The molecule has 5 heterocycles. The van der Waals surface area contributed by atoms with Gasteiger partial charge in [-0.05, 0) is 37.6 Å². The second-order valence-corrected chi connectivity index (χ2v) is 9.41. The van der Waals surface area contributed by atoms with E-state index in [2.05, 4.69) is 36.9 Å². The van der Waals surface area contributed by atoms with E-state index in [-0.39, 0.29) is 17.6 Å². The van der Waals surface area contributed by atoms with Crippen LogP contribution in [-0.4, -0.2) is 71.0 Å². The van der Waals surface area contributed by atoms with Gasteiger partial charge in [0.15, 0.2) is 11.5 Å². The molecule has 12 nitrogen and oxygen atoms in total. The van der Waals surface area contributed by atoms with Crippen LogP contribution in [0.4, 0.5) is 21.8 Å². The molecule has 1 saturated heterocycles. The molecule has 1 aliphatic rings. The van der Waals surface area contributed by atoms with Crippen molar-refractivity contribution in [3.8, 4) is 11.5 Å². The van der Waals surface area contributed by atoms with Crippen molar-refractivity contribution in [2.75, 3.05) is 29.9 Å². The maximum absolute atomic E-state index is 15.3. The molecule has 0 saturated carbocycles. The number of rotatable bonds is 6. The van der Waals surface area contributed by atoms with Crippen LogP contribution in [0.3, 0.4) is 0 Å². The largest absolute Gasteiger partial charge is 0.457 e. The molecule has 6 rings (SSSR count). The Hall–Kier alpha value is -5.20. The smallest absolute Gasteiger partial charge is 0.246 e. The number of anilines is 3. The number of aryl methyl sites for hydroxylation is 1. The van der Waals surface area contributed by atoms with Crippen molar-refractivity contribution >= 4 is 40.0 Å². The zero-order chi connectivity index (χ0) is 27.8. The van der Waals surface area contributed by atoms with Crippen LogP contribution in [0.25, 0.3) is 16.7 Å². The van der Waals surface area contributed by atoms with Gasteiger partial charge in [-0.2, -0.15) is 5.10 Å². The lowest BCUT2D eigenvalue weighted by Gasteiger charge is -2.39. The first-order valence-electron chi connectivity index (χ1n) is 12.6. The Labute approximate surface area is 228 Å². The number of hydrogen-bond acceptors (Lipinski definition) is 10. The number of hydrogen-bond donors (Lipinski definition) is 1. The number of carbonyl (C=O) groups is 1. The van der Waals surface area contributed by atoms with Crippen molar-refractivity contribution in [3.63, 3.8) is 0 Å². The molecule has 0 aliphatic carbocycles. The van der Waals surface area contributed by atoms with Crippen LogP contribution in [0.1, 0.15) is 12.5 Å². The average molecular weight is 541 g/mol. The molecule has 0 unspecified atom stereocenters. The third-order valence-corrected chi connectivity index (χ3v) is 6.73. The van der Waals surface area contributed by atoms with Crippen LogP contribution in [0.2, 0.25) is 0 Å². The summed E-state index contributed by atoms with van der Waals surface area (Å²) in [5, 5.41) is 7.12. The van der Waals surface area contributed by atoms with Gasteiger partial charge in [-0.25, -0.2) is 33.8 Å². The lowest BCUT2D eigenvalue weighted by molar-refractivity contribution is -0.128. The number of ether oxygens (including phenoxy) is 1. The fraction of sp³-hybridized carbons (Fsp3) is 0.222. The molecule has 0 bridgehead atoms. The fourth-order valence-corrected chi connectivity index (χ4v) is 4.66. The quantitative estimate of drug-likeness (QED) is 0.319. The summed E-state index contributed by atoms with van der Waals surface area (Å²) in [6, 6.07) is 6.38. The number of fused-ring (bicyclic) bond motifs is 2. The molecule has 40 heavy (non-hydrogen) atoms. The van der Waals surface area contributed by atoms with E-state index in [9.17, 15) is 4.79 Å². The molecular formula is C27H25FN10O2. The van der Waals surface area contributed by atoms with Gasteiger partial charge in [0.05, 0.1) is 11.9 Å². The van der Waals surface area contributed by atoms with Gasteiger partial charge in [0.2, 0.25) is 11.9 Å². The van der Waals surface area contributed by atoms with Gasteiger partial charge in [-0.15, -0.1) is 0 Å². The van der Waals surface area contributed by atoms with E-state index in [0.29, 0.717) is 65.1 Å². The van der Waals surface area contributed by atoms with Crippen LogP contribution >= 0.6 is 0 Å². The summed E-state index contributed by atoms with van der Waals surface area (Å²) < 4.78 is 22.8. The van der Waals surface area contributed by atoms with Crippen molar-refractivity contribution in [3.05, 3.63) is 73.3 Å². The molecule has 0 spiro atoms. The highest BCUT2D eigenvalue weighted by molar-refractivity contribution is 5.88. The van der Waals surface area contributed by atoms with Crippen LogP contribution in [0.5, 0.6) is 11.5 Å². The molecule has 1 fully saturated rings. The van der Waals surface area contributed by atoms with Gasteiger partial charge in [-0.1, -0.05) is 6.58 Å². The number of piperazine rings is 1. The topological polar surface area (TPSA) is 127 Å². The number of aromatic nitrogens is 7. The highest BCUT2D eigenvalue weighted by atomic mass is 19.1. The Morgan fingerprint density at radius 2 is 2.05 bits per heavy atom. The van der Waals surface area contributed by atoms with Gasteiger partial charge in [-0.3, -0.25) is 4.79 Å². The summed E-state index contributed by atoms with van der Waals surface area (Å²) in [5.74, 6) is 1.07. The van der Waals surface area contributed by atoms with Crippen molar-refractivity contribution in [1.29, 1.82) is 0 Å². The van der Waals surface area contributed by atoms with E-state index in [1.54, 1.807) is 40.0 Å². The average Bonchev–Trinajstić information content (AvgIpc) is 3.43. The number of halogens is 1. The van der Waals surface area contributed by atoms with Crippen molar-refractivity contribution in [1.82, 2.24) is 39.4 Å². The van der Waals surface area contributed by atoms with Crippen molar-refractivity contribution in [2.45, 2.75) is 19.9 Å². The summed E-state index contributed by atoms with van der Waals surface area (Å²) in [6.07, 6.45) is 7.48. The zero-order valence-corrected chi connectivity index (χ0v) is 21.8. The number of pyridine rings is 1. The SMILES string of the molecule is C=CC(=O)N1CCN(c2ncc3ncnc(Nc4cc(C)c(Oc5ccn6ncnc6c5)cc4F)c3n2)C[C@@H]1C. The standard InChI is InChI=1S/C27H25FN10O2/c1-4-24(39)37-8-7-36(13-17(37)3)27-29-12-21-25(35-27)26(32-14-30-21)34-20-9-16(2)22(11-19(20)28)40-18-5-6-38-23(10-18)31-15-33-38/h4-6,9-12,14-15,17H,1,7-8,13H2,2-3H3,(H,30,32,34)/t17-/m0/s1. The van der Waals surface area contributed by atoms with E-state index in [1.165, 1.54) is 24.8 Å². The lowest BCUT2D eigenvalue weighted by atomic mass is 10.2. The first-order valence-corrected chi connectivity index (χ1v) is 12.6. The Morgan fingerprint density at radius 1 is 1.18 bits per heavy atom. The van der Waals surface area contributed by atoms with Crippen molar-refractivity contribution in [2.24, 2.45) is 0 Å². The Kier molecular flexibility index (Phi) is 6.38. The van der Waals surface area contributed by atoms with E-state index >= 15 is 4.39 Å². The maximum atomic E-state index is 15.3. The second kappa shape index (κ2) is 10.2. The highest BCUT2D eigenvalue weighted by Gasteiger charge is 2.27. The highest BCUT2D eigenvalue weighted by Crippen LogP contribution is 2.32. The lowest BCUT2D eigenvalue weighted by Crippen LogP contribution is -2.54. The van der Waals surface area contributed by atoms with Gasteiger partial charge < -0.3 is 19.9 Å². The van der Waals surface area contributed by atoms with E-state index in [1.807, 2.05) is 18.7 Å². The summed E-state index contributed by atoms with van der Waals surface area (Å²) in [6.45, 7) is 9.01. The van der Waals surface area contributed by atoms with E-state index < -0.39 is 5.82 Å². The molecule has 1 aliphatic heterocycles. The summed E-state index contributed by atoms with van der Waals surface area (Å²) in [7, 11) is 0. The molecule has 1 aromatic carbocycles. The van der Waals surface area contributed by atoms with E-state index in [4.69, 9.17) is 9.72 Å². The molecule has 202 valence electrons. The number of nitrogens with zero attached hydrogens (tertiary/aromatic N) is 9. The normalized spacial score (nSPS) is 15.4. The molecule has 4 aromatic heterocycles. The Bertz CT molecular complexity index is 1760. The predicted octanol–water partition coefficient (Wildman–Crippen LogP) is 3.67. The Morgan fingerprint density at radius 3 is 2.88 bits per heavy atom. The Balaban J connectivity index is 1.25. The third kappa shape index (κ3) is 4.72. The zero-order valence-electron chi connectivity index (χ0n) is 21.8. The first-order chi connectivity index (χ1) is 19.4. The minimum Gasteiger partial charge on any atom is -0.457 e. The number of amides is 1. The summed E-state index contributed by atoms with van der Waals surface area (Å²) in [4.78, 5) is 37.8. The van der Waals surface area contributed by atoms with Crippen LogP contribution in [-0.2, 0) is 4.79 Å². The summed E-state index contributed by atoms with van der Waals surface area (Å²) in [5.41, 5.74) is 2.50. The molecule has 1 amide bonds. The monoisotopic (exact) mass is 540 g/mol. The molecule has 5 aromatic rings. The van der Waals surface area contributed by atoms with Gasteiger partial charge in [0.25, 0.3) is 0 Å². The van der Waals surface area contributed by atoms with Crippen molar-refractivity contribution < 1.29 is 13.9 Å². The fourth-order valence-electron chi connectivity index (χ4n) is 4.66. The van der Waals surface area contributed by atoms with Gasteiger partial charge >= 0.3 is 0 Å². The molecular weight excluding hydrogens is 515 g/mol. The number of nitrogens with one attached hydrogen (secondary N) is 1. The molecule has 1 N–H and O–H groups in total. The minimum absolute atomic E-state index is 0.0424. The van der Waals surface area contributed by atoms with Crippen LogP contribution < -0.4 is 15.0 Å². The molecule has 13 heteroatoms. The number of carbonyl (C=O) groups excluding carboxylic acids is 1. The van der Waals surface area contributed by atoms with Crippen LogP contribution in [0, 0.1) is 12.7 Å². The third-order valence-electron chi connectivity index (χ3n) is 6.73. The van der Waals surface area contributed by atoms with Gasteiger partial charge in [0, 0.05) is 44.0 Å². The molecule has 0 radical (unpaired) electrons. The first kappa shape index (κ1) is 25.1. The predicted molar refractivity (Wildman–Crippen MR) is 146 cm³/mol.